The van der Waals surface area contributed by atoms with Gasteiger partial charge in [0.05, 0.1) is 6.33 Å². The molecule has 2 unspecified atom stereocenters. The molecular weight excluding hydrogens is 407 g/mol. The van der Waals surface area contributed by atoms with Crippen molar-refractivity contribution in [2.75, 3.05) is 0 Å². The molecule has 2 aromatic carbocycles. The van der Waals surface area contributed by atoms with E-state index in [2.05, 4.69) is 4.98 Å². The molecule has 0 aliphatic heterocycles. The molecule has 0 spiro atoms. The van der Waals surface area contributed by atoms with Gasteiger partial charge < -0.3 is 13.7 Å². The van der Waals surface area contributed by atoms with Crippen LogP contribution in [0.1, 0.15) is 22.9 Å². The molecular formula is C20H15Cl3N2O2. The fourth-order valence-electron chi connectivity index (χ4n) is 2.87. The van der Waals surface area contributed by atoms with Crippen LogP contribution >= 0.6 is 34.8 Å². The second-order valence-electron chi connectivity index (χ2n) is 6.06. The van der Waals surface area contributed by atoms with E-state index in [4.69, 9.17) is 44.0 Å². The van der Waals surface area contributed by atoms with Gasteiger partial charge in [-0.3, -0.25) is 0 Å². The molecule has 27 heavy (non-hydrogen) atoms. The van der Waals surface area contributed by atoms with Crippen molar-refractivity contribution in [3.63, 3.8) is 0 Å². The van der Waals surface area contributed by atoms with Crippen molar-refractivity contribution >= 4 is 45.8 Å². The number of hydrogen-bond acceptors (Lipinski definition) is 3. The Balaban J connectivity index is 1.58. The second kappa shape index (κ2) is 7.95. The third-order valence-electron chi connectivity index (χ3n) is 4.19. The molecule has 0 aliphatic rings. The molecule has 4 nitrogen and oxygen atoms in total. The number of benzene rings is 2. The molecule has 7 heteroatoms. The van der Waals surface area contributed by atoms with E-state index in [0.717, 1.165) is 16.5 Å². The molecule has 0 saturated heterocycles. The summed E-state index contributed by atoms with van der Waals surface area (Å²) in [6, 6.07) is 14.8. The largest absolute Gasteiger partial charge is 0.459 e. The lowest BCUT2D eigenvalue weighted by Gasteiger charge is -2.24. The van der Waals surface area contributed by atoms with Gasteiger partial charge >= 0.3 is 0 Å². The van der Waals surface area contributed by atoms with Crippen LogP contribution in [0.15, 0.2) is 71.7 Å². The van der Waals surface area contributed by atoms with Gasteiger partial charge in [0.15, 0.2) is 0 Å². The molecule has 4 aromatic rings. The molecule has 4 rings (SSSR count). The van der Waals surface area contributed by atoms with Crippen LogP contribution in [0.4, 0.5) is 0 Å². The molecule has 0 bridgehead atoms. The van der Waals surface area contributed by atoms with Gasteiger partial charge in [-0.2, -0.15) is 0 Å². The first-order valence-corrected chi connectivity index (χ1v) is 9.46. The lowest BCUT2D eigenvalue weighted by Crippen LogP contribution is -2.15. The van der Waals surface area contributed by atoms with Gasteiger partial charge in [0.2, 0.25) is 0 Å². The van der Waals surface area contributed by atoms with Gasteiger partial charge in [0, 0.05) is 27.8 Å². The zero-order chi connectivity index (χ0) is 18.8. The summed E-state index contributed by atoms with van der Waals surface area (Å²) in [5, 5.41) is 2.25. The molecule has 0 saturated carbocycles. The van der Waals surface area contributed by atoms with E-state index in [1.807, 2.05) is 42.5 Å². The minimum atomic E-state index is -0.479. The highest BCUT2D eigenvalue weighted by Crippen LogP contribution is 2.35. The number of nitrogens with zero attached hydrogens (tertiary/aromatic N) is 2. The highest BCUT2D eigenvalue weighted by Gasteiger charge is 2.24. The minimum absolute atomic E-state index is 0.261. The summed E-state index contributed by atoms with van der Waals surface area (Å²) in [5.74, 6) is 0.695. The summed E-state index contributed by atoms with van der Waals surface area (Å²) >= 11 is 18.7. The van der Waals surface area contributed by atoms with E-state index >= 15 is 0 Å². The number of imidazole rings is 1. The maximum absolute atomic E-state index is 6.67. The van der Waals surface area contributed by atoms with Crippen LogP contribution in [-0.4, -0.2) is 9.55 Å². The number of fused-ring (bicyclic) bond motifs is 1. The summed E-state index contributed by atoms with van der Waals surface area (Å²) in [5.41, 5.74) is 1.19. The van der Waals surface area contributed by atoms with Gasteiger partial charge in [-0.05, 0) is 42.0 Å². The highest BCUT2D eigenvalue weighted by molar-refractivity contribution is 6.31. The van der Waals surface area contributed by atoms with Crippen molar-refractivity contribution in [3.05, 3.63) is 88.6 Å². The first-order valence-electron chi connectivity index (χ1n) is 8.27. The minimum Gasteiger partial charge on any atom is -0.459 e. The predicted molar refractivity (Wildman–Crippen MR) is 107 cm³/mol. The summed E-state index contributed by atoms with van der Waals surface area (Å²) in [4.78, 5) is 4.06. The Morgan fingerprint density at radius 1 is 1.04 bits per heavy atom. The highest BCUT2D eigenvalue weighted by atomic mass is 35.5. The Bertz CT molecular complexity index is 1030. The van der Waals surface area contributed by atoms with Crippen molar-refractivity contribution < 1.29 is 9.15 Å². The molecule has 0 amide bonds. The molecule has 0 N–H and O–H groups in total. The summed E-state index contributed by atoms with van der Waals surface area (Å²) in [6.45, 7) is 0.261. The summed E-state index contributed by atoms with van der Waals surface area (Å²) < 4.78 is 13.8. The quantitative estimate of drug-likeness (QED) is 0.328. The van der Waals surface area contributed by atoms with Crippen LogP contribution in [0, 0.1) is 0 Å². The van der Waals surface area contributed by atoms with Crippen LogP contribution in [0.2, 0.25) is 10.0 Å². The van der Waals surface area contributed by atoms with Crippen molar-refractivity contribution in [2.24, 2.45) is 0 Å². The smallest absolute Gasteiger partial charge is 0.139 e. The van der Waals surface area contributed by atoms with E-state index in [0.29, 0.717) is 15.8 Å². The number of furan rings is 1. The molecule has 0 aliphatic carbocycles. The van der Waals surface area contributed by atoms with Crippen molar-refractivity contribution in [1.29, 1.82) is 0 Å². The van der Waals surface area contributed by atoms with Crippen LogP contribution in [0.25, 0.3) is 11.0 Å². The Morgan fingerprint density at radius 2 is 1.81 bits per heavy atom. The average Bonchev–Trinajstić information content (AvgIpc) is 3.32. The third-order valence-corrected chi connectivity index (χ3v) is 5.13. The second-order valence-corrected chi connectivity index (χ2v) is 7.38. The van der Waals surface area contributed by atoms with Gasteiger partial charge in [-0.1, -0.05) is 46.9 Å². The fourth-order valence-corrected chi connectivity index (χ4v) is 3.51. The number of aromatic nitrogens is 2. The lowest BCUT2D eigenvalue weighted by atomic mass is 10.1. The number of rotatable bonds is 6. The number of hydrogen-bond donors (Lipinski definition) is 0. The monoisotopic (exact) mass is 420 g/mol. The van der Waals surface area contributed by atoms with E-state index in [1.165, 1.54) is 0 Å². The van der Waals surface area contributed by atoms with Crippen LogP contribution in [0.3, 0.4) is 0 Å². The van der Waals surface area contributed by atoms with Crippen LogP contribution < -0.4 is 0 Å². The zero-order valence-corrected chi connectivity index (χ0v) is 16.3. The average molecular weight is 422 g/mol. The maximum Gasteiger partial charge on any atom is 0.139 e. The standard InChI is InChI=1S/C20H15Cl3N2O2/c21-15-3-1-13(2-4-15)19(20(23)25-8-7-24-12-25)26-11-17-10-14-9-16(22)5-6-18(14)27-17/h1-10,12,19-20H,11H2. The predicted octanol–water partition coefficient (Wildman–Crippen LogP) is 6.63. The molecule has 2 heterocycles. The third kappa shape index (κ3) is 4.14. The summed E-state index contributed by atoms with van der Waals surface area (Å²) in [7, 11) is 0. The molecule has 0 fully saturated rings. The molecule has 0 radical (unpaired) electrons. The zero-order valence-electron chi connectivity index (χ0n) is 14.1. The first-order chi connectivity index (χ1) is 13.1. The maximum atomic E-state index is 6.67. The van der Waals surface area contributed by atoms with Gasteiger partial charge in [0.25, 0.3) is 0 Å². The van der Waals surface area contributed by atoms with E-state index in [-0.39, 0.29) is 6.61 Å². The lowest BCUT2D eigenvalue weighted by molar-refractivity contribution is 0.0154. The van der Waals surface area contributed by atoms with Crippen molar-refractivity contribution in [1.82, 2.24) is 9.55 Å². The van der Waals surface area contributed by atoms with E-state index in [9.17, 15) is 0 Å². The Labute approximate surface area is 171 Å². The first kappa shape index (κ1) is 18.4. The molecule has 2 aromatic heterocycles. The van der Waals surface area contributed by atoms with Gasteiger partial charge in [0.1, 0.15) is 29.6 Å². The van der Waals surface area contributed by atoms with Gasteiger partial charge in [-0.15, -0.1) is 0 Å². The number of alkyl halides is 1. The van der Waals surface area contributed by atoms with E-state index in [1.54, 1.807) is 29.4 Å². The molecule has 2 atom stereocenters. The summed E-state index contributed by atoms with van der Waals surface area (Å²) in [6.07, 6.45) is 4.72. The van der Waals surface area contributed by atoms with Crippen LogP contribution in [0.5, 0.6) is 0 Å². The topological polar surface area (TPSA) is 40.2 Å². The normalized spacial score (nSPS) is 13.7. The van der Waals surface area contributed by atoms with Crippen LogP contribution in [-0.2, 0) is 11.3 Å². The Hall–Kier alpha value is -1.98. The van der Waals surface area contributed by atoms with Crippen molar-refractivity contribution in [3.8, 4) is 0 Å². The Kier molecular flexibility index (Phi) is 5.41. The Morgan fingerprint density at radius 3 is 2.56 bits per heavy atom. The van der Waals surface area contributed by atoms with E-state index < -0.39 is 11.6 Å². The number of halogens is 3. The SMILES string of the molecule is Clc1ccc(C(OCc2cc3cc(Cl)ccc3o2)C(Cl)n2ccnc2)cc1. The fraction of sp³-hybridized carbons (Fsp3) is 0.150. The van der Waals surface area contributed by atoms with Gasteiger partial charge in [-0.25, -0.2) is 4.98 Å². The molecule has 138 valence electrons. The van der Waals surface area contributed by atoms with Crippen molar-refractivity contribution in [2.45, 2.75) is 18.2 Å². The number of ether oxygens (including phenoxy) is 1.